The van der Waals surface area contributed by atoms with E-state index in [4.69, 9.17) is 0 Å². The molecule has 6 heteroatoms. The van der Waals surface area contributed by atoms with Crippen LogP contribution in [0.3, 0.4) is 0 Å². The van der Waals surface area contributed by atoms with Gasteiger partial charge in [0.2, 0.25) is 5.91 Å². The first-order valence-electron chi connectivity index (χ1n) is 9.22. The molecule has 0 unspecified atom stereocenters. The van der Waals surface area contributed by atoms with Crippen molar-refractivity contribution < 1.29 is 4.79 Å². The third-order valence-corrected chi connectivity index (χ3v) is 4.84. The predicted octanol–water partition coefficient (Wildman–Crippen LogP) is 3.68. The molecule has 1 amide bonds. The number of pyridine rings is 1. The number of benzene rings is 1. The Morgan fingerprint density at radius 2 is 1.85 bits per heavy atom. The Morgan fingerprint density at radius 3 is 2.67 bits per heavy atom. The summed E-state index contributed by atoms with van der Waals surface area (Å²) in [4.78, 5) is 12.7. The maximum atomic E-state index is 12.7. The molecule has 1 atom stereocenters. The van der Waals surface area contributed by atoms with E-state index in [0.29, 0.717) is 12.5 Å². The quantitative estimate of drug-likeness (QED) is 0.590. The lowest BCUT2D eigenvalue weighted by atomic mass is 10.1. The topological polar surface area (TPSA) is 64.2 Å². The van der Waals surface area contributed by atoms with Crippen LogP contribution in [0.4, 0.5) is 0 Å². The van der Waals surface area contributed by atoms with Crippen LogP contribution >= 0.6 is 0 Å². The Morgan fingerprint density at radius 1 is 1.07 bits per heavy atom. The lowest BCUT2D eigenvalue weighted by molar-refractivity contribution is -0.121. The van der Waals surface area contributed by atoms with E-state index in [1.807, 2.05) is 47.9 Å². The summed E-state index contributed by atoms with van der Waals surface area (Å²) in [6, 6.07) is 14.1. The smallest absolute Gasteiger partial charge is 0.225 e. The highest BCUT2D eigenvalue weighted by Gasteiger charge is 2.18. The number of nitrogens with one attached hydrogen (secondary N) is 1. The van der Waals surface area contributed by atoms with Crippen molar-refractivity contribution in [1.29, 1.82) is 0 Å². The Hall–Kier alpha value is -3.15. The van der Waals surface area contributed by atoms with Crippen LogP contribution in [-0.4, -0.2) is 25.1 Å². The van der Waals surface area contributed by atoms with Crippen LogP contribution in [0.15, 0.2) is 54.9 Å². The van der Waals surface area contributed by atoms with Gasteiger partial charge in [0.15, 0.2) is 11.5 Å². The molecule has 0 saturated carbocycles. The van der Waals surface area contributed by atoms with E-state index in [1.54, 1.807) is 0 Å². The molecule has 0 aliphatic heterocycles. The molecule has 0 fully saturated rings. The summed E-state index contributed by atoms with van der Waals surface area (Å²) in [6.45, 7) is 6.22. The highest BCUT2D eigenvalue weighted by molar-refractivity contribution is 5.89. The molecule has 4 aromatic rings. The minimum absolute atomic E-state index is 0.0261. The molecule has 3 aromatic heterocycles. The minimum Gasteiger partial charge on any atom is -0.346 e. The van der Waals surface area contributed by atoms with Gasteiger partial charge in [0.25, 0.3) is 0 Å². The highest BCUT2D eigenvalue weighted by atomic mass is 16.1. The van der Waals surface area contributed by atoms with Gasteiger partial charge < -0.3 is 9.88 Å². The second-order valence-electron chi connectivity index (χ2n) is 7.13. The summed E-state index contributed by atoms with van der Waals surface area (Å²) in [6.07, 6.45) is 4.33. The van der Waals surface area contributed by atoms with Crippen LogP contribution in [0.25, 0.3) is 16.6 Å². The van der Waals surface area contributed by atoms with Crippen LogP contribution < -0.4 is 5.32 Å². The number of carbonyl (C=O) groups is 1. The zero-order valence-electron chi connectivity index (χ0n) is 15.8. The monoisotopic (exact) mass is 361 g/mol. The molecule has 0 aliphatic carbocycles. The van der Waals surface area contributed by atoms with Gasteiger partial charge in [-0.2, -0.15) is 0 Å². The van der Waals surface area contributed by atoms with Crippen molar-refractivity contribution in [3.63, 3.8) is 0 Å². The predicted molar refractivity (Wildman–Crippen MR) is 106 cm³/mol. The first kappa shape index (κ1) is 17.3. The van der Waals surface area contributed by atoms with Gasteiger partial charge in [-0.1, -0.05) is 24.3 Å². The average molecular weight is 361 g/mol. The molecule has 0 spiro atoms. The SMILES string of the molecule is CC(C)n1cc(CC(=O)N[C@@H](C)c2nnc3ccccn23)c2ccccc21. The molecule has 1 aromatic carbocycles. The van der Waals surface area contributed by atoms with Gasteiger partial charge in [0.05, 0.1) is 12.5 Å². The summed E-state index contributed by atoms with van der Waals surface area (Å²) >= 11 is 0. The Kier molecular flexibility index (Phi) is 4.39. The van der Waals surface area contributed by atoms with E-state index >= 15 is 0 Å². The summed E-state index contributed by atoms with van der Waals surface area (Å²) in [5.41, 5.74) is 2.97. The fourth-order valence-corrected chi connectivity index (χ4v) is 3.53. The number of carbonyl (C=O) groups excluding carboxylic acids is 1. The van der Waals surface area contributed by atoms with E-state index in [-0.39, 0.29) is 11.9 Å². The van der Waals surface area contributed by atoms with Crippen molar-refractivity contribution in [2.45, 2.75) is 39.3 Å². The average Bonchev–Trinajstić information content (AvgIpc) is 3.24. The third-order valence-electron chi connectivity index (χ3n) is 4.84. The zero-order valence-corrected chi connectivity index (χ0v) is 15.8. The molecule has 0 saturated heterocycles. The molecule has 0 radical (unpaired) electrons. The third kappa shape index (κ3) is 3.18. The van der Waals surface area contributed by atoms with Gasteiger partial charge in [-0.25, -0.2) is 0 Å². The van der Waals surface area contributed by atoms with Crippen LogP contribution in [-0.2, 0) is 11.2 Å². The normalized spacial score (nSPS) is 12.7. The van der Waals surface area contributed by atoms with E-state index in [0.717, 1.165) is 27.9 Å². The van der Waals surface area contributed by atoms with E-state index in [2.05, 4.69) is 52.3 Å². The molecular formula is C21H23N5O. The van der Waals surface area contributed by atoms with Crippen molar-refractivity contribution in [1.82, 2.24) is 24.5 Å². The minimum atomic E-state index is -0.228. The molecule has 6 nitrogen and oxygen atoms in total. The van der Waals surface area contributed by atoms with Crippen LogP contribution in [0.2, 0.25) is 0 Å². The first-order valence-corrected chi connectivity index (χ1v) is 9.22. The summed E-state index contributed by atoms with van der Waals surface area (Å²) in [5.74, 6) is 0.699. The number of rotatable bonds is 5. The summed E-state index contributed by atoms with van der Waals surface area (Å²) < 4.78 is 4.11. The van der Waals surface area contributed by atoms with Gasteiger partial charge in [-0.15, -0.1) is 10.2 Å². The Bertz CT molecular complexity index is 1110. The second-order valence-corrected chi connectivity index (χ2v) is 7.13. The Balaban J connectivity index is 1.55. The summed E-state index contributed by atoms with van der Waals surface area (Å²) in [7, 11) is 0. The largest absolute Gasteiger partial charge is 0.346 e. The van der Waals surface area contributed by atoms with Crippen molar-refractivity contribution in [3.8, 4) is 0 Å². The fourth-order valence-electron chi connectivity index (χ4n) is 3.53. The van der Waals surface area contributed by atoms with Gasteiger partial charge in [-0.05, 0) is 44.5 Å². The number of para-hydroxylation sites is 1. The van der Waals surface area contributed by atoms with Crippen molar-refractivity contribution in [2.24, 2.45) is 0 Å². The van der Waals surface area contributed by atoms with Gasteiger partial charge in [-0.3, -0.25) is 9.20 Å². The van der Waals surface area contributed by atoms with Gasteiger partial charge in [0, 0.05) is 29.3 Å². The molecule has 138 valence electrons. The highest BCUT2D eigenvalue weighted by Crippen LogP contribution is 2.25. The number of hydrogen-bond acceptors (Lipinski definition) is 3. The van der Waals surface area contributed by atoms with Crippen molar-refractivity contribution >= 4 is 22.5 Å². The first-order chi connectivity index (χ1) is 13.0. The van der Waals surface area contributed by atoms with Crippen LogP contribution in [0, 0.1) is 0 Å². The number of nitrogens with zero attached hydrogens (tertiary/aromatic N) is 4. The van der Waals surface area contributed by atoms with Crippen LogP contribution in [0.5, 0.6) is 0 Å². The van der Waals surface area contributed by atoms with E-state index in [1.165, 1.54) is 0 Å². The summed E-state index contributed by atoms with van der Waals surface area (Å²) in [5, 5.41) is 12.6. The molecule has 0 aliphatic rings. The molecule has 3 heterocycles. The van der Waals surface area contributed by atoms with Gasteiger partial charge in [0.1, 0.15) is 0 Å². The lowest BCUT2D eigenvalue weighted by Gasteiger charge is -2.12. The fraction of sp³-hybridized carbons (Fsp3) is 0.286. The molecule has 1 N–H and O–H groups in total. The van der Waals surface area contributed by atoms with Crippen LogP contribution in [0.1, 0.15) is 44.2 Å². The number of amides is 1. The molecule has 27 heavy (non-hydrogen) atoms. The number of fused-ring (bicyclic) bond motifs is 2. The van der Waals surface area contributed by atoms with Gasteiger partial charge >= 0.3 is 0 Å². The number of hydrogen-bond donors (Lipinski definition) is 1. The number of aromatic nitrogens is 4. The molecule has 4 rings (SSSR count). The molecule has 0 bridgehead atoms. The standard InChI is InChI=1S/C21H23N5O/c1-14(2)26-13-16(17-8-4-5-9-18(17)26)12-20(27)22-15(3)21-24-23-19-10-6-7-11-25(19)21/h4-11,13-15H,12H2,1-3H3,(H,22,27)/t15-/m0/s1. The lowest BCUT2D eigenvalue weighted by Crippen LogP contribution is -2.29. The van der Waals surface area contributed by atoms with E-state index < -0.39 is 0 Å². The van der Waals surface area contributed by atoms with E-state index in [9.17, 15) is 4.79 Å². The maximum absolute atomic E-state index is 12.7. The van der Waals surface area contributed by atoms with Crippen molar-refractivity contribution in [3.05, 3.63) is 66.2 Å². The van der Waals surface area contributed by atoms with Crippen molar-refractivity contribution in [2.75, 3.05) is 0 Å². The maximum Gasteiger partial charge on any atom is 0.225 e. The molecular weight excluding hydrogens is 338 g/mol. The second kappa shape index (κ2) is 6.87. The zero-order chi connectivity index (χ0) is 19.0. The Labute approximate surface area is 157 Å².